The average Bonchev–Trinajstić information content (AvgIpc) is 3.27. The fraction of sp³-hybridized carbons (Fsp3) is 0.0435. The highest BCUT2D eigenvalue weighted by Crippen LogP contribution is 2.40. The predicted octanol–water partition coefficient (Wildman–Crippen LogP) is 6.31. The molecule has 0 saturated heterocycles. The van der Waals surface area contributed by atoms with Gasteiger partial charge < -0.3 is 4.40 Å². The summed E-state index contributed by atoms with van der Waals surface area (Å²) in [4.78, 5) is 8.36. The molecule has 3 nitrogen and oxygen atoms in total. The Morgan fingerprint density at radius 3 is 2.38 bits per heavy atom. The van der Waals surface area contributed by atoms with Gasteiger partial charge in [-0.15, -0.1) is 0 Å². The van der Waals surface area contributed by atoms with Gasteiger partial charge in [-0.3, -0.25) is 0 Å². The Morgan fingerprint density at radius 2 is 1.52 bits per heavy atom. The largest absolute Gasteiger partial charge is 0.418 e. The molecule has 0 fully saturated rings. The second-order valence-corrected chi connectivity index (χ2v) is 7.05. The second kappa shape index (κ2) is 5.44. The third kappa shape index (κ3) is 2.14. The fourth-order valence-corrected chi connectivity index (χ4v) is 4.32. The maximum absolute atomic E-state index is 13.5. The molecule has 6 rings (SSSR count). The van der Waals surface area contributed by atoms with Gasteiger partial charge in [0.25, 0.3) is 0 Å². The summed E-state index contributed by atoms with van der Waals surface area (Å²) < 4.78 is 42.6. The molecule has 3 heterocycles. The summed E-state index contributed by atoms with van der Waals surface area (Å²) in [5, 5.41) is 3.61. The minimum absolute atomic E-state index is 0.0884. The van der Waals surface area contributed by atoms with Crippen LogP contribution in [0.3, 0.4) is 0 Å². The molecule has 6 aromatic rings. The molecule has 0 aliphatic rings. The first-order chi connectivity index (χ1) is 14.0. The van der Waals surface area contributed by atoms with Gasteiger partial charge in [-0.1, -0.05) is 48.5 Å². The molecule has 0 atom stereocenters. The first-order valence-electron chi connectivity index (χ1n) is 9.09. The van der Waals surface area contributed by atoms with E-state index in [0.717, 1.165) is 39.0 Å². The minimum Gasteiger partial charge on any atom is -0.306 e. The van der Waals surface area contributed by atoms with Gasteiger partial charge in [0.1, 0.15) is 6.33 Å². The molecule has 0 aliphatic carbocycles. The van der Waals surface area contributed by atoms with E-state index in [9.17, 15) is 13.2 Å². The molecular formula is C23H12F3N3. The van der Waals surface area contributed by atoms with E-state index in [2.05, 4.69) is 26.5 Å². The van der Waals surface area contributed by atoms with Crippen molar-refractivity contribution in [3.05, 3.63) is 78.6 Å². The van der Waals surface area contributed by atoms with Crippen LogP contribution in [0.4, 0.5) is 13.2 Å². The summed E-state index contributed by atoms with van der Waals surface area (Å²) in [6, 6.07) is 20.2. The van der Waals surface area contributed by atoms with Crippen LogP contribution in [0.2, 0.25) is 0 Å². The van der Waals surface area contributed by atoms with Crippen molar-refractivity contribution in [2.24, 2.45) is 0 Å². The molecule has 140 valence electrons. The van der Waals surface area contributed by atoms with Crippen LogP contribution < -0.4 is 0 Å². The molecule has 29 heavy (non-hydrogen) atoms. The molecule has 0 saturated carbocycles. The summed E-state index contributed by atoms with van der Waals surface area (Å²) in [6.45, 7) is 0. The predicted molar refractivity (Wildman–Crippen MR) is 107 cm³/mol. The topological polar surface area (TPSA) is 30.2 Å². The van der Waals surface area contributed by atoms with Crippen molar-refractivity contribution >= 4 is 38.1 Å². The highest BCUT2D eigenvalue weighted by atomic mass is 19.4. The Labute approximate surface area is 162 Å². The molecule has 0 amide bonds. The van der Waals surface area contributed by atoms with Crippen LogP contribution in [-0.4, -0.2) is 14.4 Å². The molecule has 6 heteroatoms. The number of benzene rings is 3. The lowest BCUT2D eigenvalue weighted by molar-refractivity contribution is -0.136. The quantitative estimate of drug-likeness (QED) is 0.331. The molecule has 0 unspecified atom stereocenters. The van der Waals surface area contributed by atoms with Crippen molar-refractivity contribution in [2.45, 2.75) is 6.18 Å². The van der Waals surface area contributed by atoms with E-state index in [0.29, 0.717) is 11.1 Å². The second-order valence-electron chi connectivity index (χ2n) is 7.05. The van der Waals surface area contributed by atoms with Crippen LogP contribution in [0.15, 0.2) is 73.1 Å². The zero-order chi connectivity index (χ0) is 19.8. The third-order valence-corrected chi connectivity index (χ3v) is 5.47. The Hall–Kier alpha value is -3.67. The van der Waals surface area contributed by atoms with Gasteiger partial charge in [-0.05, 0) is 18.2 Å². The molecular weight excluding hydrogens is 375 g/mol. The molecule has 0 aliphatic heterocycles. The van der Waals surface area contributed by atoms with Crippen molar-refractivity contribution in [2.75, 3.05) is 0 Å². The standard InChI is InChI=1S/C23H12F3N3/c24-23(25,26)17-9-4-8-16-20(17)27-12-28-21(16)19-11-13-5-3-7-15-14-6-1-2-10-18(14)29(19)22(13)15/h1-12H. The summed E-state index contributed by atoms with van der Waals surface area (Å²) in [6.07, 6.45) is -3.27. The molecule has 0 spiro atoms. The maximum Gasteiger partial charge on any atom is 0.418 e. The number of nitrogens with zero attached hydrogens (tertiary/aromatic N) is 3. The minimum atomic E-state index is -4.48. The third-order valence-electron chi connectivity index (χ3n) is 5.47. The highest BCUT2D eigenvalue weighted by Gasteiger charge is 2.33. The van der Waals surface area contributed by atoms with Crippen molar-refractivity contribution in [1.29, 1.82) is 0 Å². The number of alkyl halides is 3. The first-order valence-corrected chi connectivity index (χ1v) is 9.09. The average molecular weight is 387 g/mol. The van der Waals surface area contributed by atoms with Gasteiger partial charge in [0.15, 0.2) is 0 Å². The molecule has 3 aromatic heterocycles. The Kier molecular flexibility index (Phi) is 3.06. The maximum atomic E-state index is 13.5. The molecule has 0 N–H and O–H groups in total. The summed E-state index contributed by atoms with van der Waals surface area (Å²) in [7, 11) is 0. The van der Waals surface area contributed by atoms with Gasteiger partial charge in [-0.25, -0.2) is 9.97 Å². The molecule has 3 aromatic carbocycles. The van der Waals surface area contributed by atoms with Gasteiger partial charge in [0, 0.05) is 21.5 Å². The number of fused-ring (bicyclic) bond motifs is 4. The lowest BCUT2D eigenvalue weighted by Gasteiger charge is -2.11. The van der Waals surface area contributed by atoms with Crippen LogP contribution in [-0.2, 0) is 6.18 Å². The van der Waals surface area contributed by atoms with Crippen LogP contribution in [0.1, 0.15) is 5.56 Å². The van der Waals surface area contributed by atoms with Crippen molar-refractivity contribution < 1.29 is 13.2 Å². The Morgan fingerprint density at radius 1 is 0.759 bits per heavy atom. The van der Waals surface area contributed by atoms with E-state index >= 15 is 0 Å². The highest BCUT2D eigenvalue weighted by molar-refractivity contribution is 6.16. The Balaban J connectivity index is 1.79. The number of hydrogen-bond donors (Lipinski definition) is 0. The van der Waals surface area contributed by atoms with Crippen LogP contribution in [0, 0.1) is 0 Å². The normalized spacial score (nSPS) is 12.7. The van der Waals surface area contributed by atoms with E-state index in [-0.39, 0.29) is 5.52 Å². The van der Waals surface area contributed by atoms with Gasteiger partial charge in [-0.2, -0.15) is 13.2 Å². The molecule has 0 bridgehead atoms. The van der Waals surface area contributed by atoms with Crippen LogP contribution >= 0.6 is 0 Å². The fourth-order valence-electron chi connectivity index (χ4n) is 4.32. The van der Waals surface area contributed by atoms with Gasteiger partial charge in [0.2, 0.25) is 0 Å². The van der Waals surface area contributed by atoms with E-state index in [1.807, 2.05) is 36.4 Å². The Bertz CT molecular complexity index is 1550. The number of para-hydroxylation sites is 3. The monoisotopic (exact) mass is 387 g/mol. The van der Waals surface area contributed by atoms with E-state index < -0.39 is 11.7 Å². The number of hydrogen-bond acceptors (Lipinski definition) is 2. The molecule has 0 radical (unpaired) electrons. The van der Waals surface area contributed by atoms with Crippen molar-refractivity contribution in [1.82, 2.24) is 14.4 Å². The number of rotatable bonds is 1. The van der Waals surface area contributed by atoms with Gasteiger partial charge in [0.05, 0.1) is 33.5 Å². The number of halogens is 3. The lowest BCUT2D eigenvalue weighted by atomic mass is 10.1. The van der Waals surface area contributed by atoms with Crippen molar-refractivity contribution in [3.63, 3.8) is 0 Å². The first kappa shape index (κ1) is 16.3. The zero-order valence-electron chi connectivity index (χ0n) is 14.9. The van der Waals surface area contributed by atoms with Crippen molar-refractivity contribution in [3.8, 4) is 11.4 Å². The summed E-state index contributed by atoms with van der Waals surface area (Å²) in [5.74, 6) is 0. The van der Waals surface area contributed by atoms with Gasteiger partial charge >= 0.3 is 6.18 Å². The smallest absolute Gasteiger partial charge is 0.306 e. The van der Waals surface area contributed by atoms with Crippen LogP contribution in [0.25, 0.3) is 49.5 Å². The SMILES string of the molecule is FC(F)(F)c1cccc2c(-c3cc4cccc5c6ccccc6n3c45)ncnc12. The van der Waals surface area contributed by atoms with E-state index in [4.69, 9.17) is 0 Å². The summed E-state index contributed by atoms with van der Waals surface area (Å²) in [5.41, 5.74) is 2.44. The number of aromatic nitrogens is 3. The summed E-state index contributed by atoms with van der Waals surface area (Å²) >= 11 is 0. The zero-order valence-corrected chi connectivity index (χ0v) is 14.9. The van der Waals surface area contributed by atoms with E-state index in [1.54, 1.807) is 6.07 Å². The van der Waals surface area contributed by atoms with Crippen LogP contribution in [0.5, 0.6) is 0 Å². The van der Waals surface area contributed by atoms with E-state index in [1.165, 1.54) is 12.4 Å². The lowest BCUT2D eigenvalue weighted by Crippen LogP contribution is -2.07.